The van der Waals surface area contributed by atoms with Crippen molar-refractivity contribution in [2.24, 2.45) is 0 Å². The molecule has 4 heterocycles. The van der Waals surface area contributed by atoms with Gasteiger partial charge in [0.15, 0.2) is 16.7 Å². The van der Waals surface area contributed by atoms with Gasteiger partial charge in [0.2, 0.25) is 5.43 Å². The summed E-state index contributed by atoms with van der Waals surface area (Å²) in [5.74, 6) is -3.50. The number of H-pyrrole nitrogens is 1. The summed E-state index contributed by atoms with van der Waals surface area (Å²) in [5.41, 5.74) is 4.20. The number of hydrogen-bond donors (Lipinski definition) is 7. The van der Waals surface area contributed by atoms with Gasteiger partial charge < -0.3 is 26.5 Å². The van der Waals surface area contributed by atoms with Crippen LogP contribution in [-0.4, -0.2) is 84.4 Å². The monoisotopic (exact) mass is 563 g/mol. The third kappa shape index (κ3) is 5.19. The molecule has 1 aliphatic heterocycles. The highest BCUT2D eigenvalue weighted by molar-refractivity contribution is 7.84. The molecular formula is C19H17N9O8S2. The molecule has 2 unspecified atom stereocenters. The summed E-state index contributed by atoms with van der Waals surface area (Å²) in [4.78, 5) is 63.2. The van der Waals surface area contributed by atoms with E-state index in [9.17, 15) is 37.3 Å². The third-order valence-corrected chi connectivity index (χ3v) is 6.85. The van der Waals surface area contributed by atoms with Crippen LogP contribution in [0.15, 0.2) is 34.8 Å². The van der Waals surface area contributed by atoms with Crippen LogP contribution in [-0.2, 0) is 19.9 Å². The molecule has 4 rings (SSSR count). The minimum atomic E-state index is -5.03. The van der Waals surface area contributed by atoms with Crippen LogP contribution < -0.4 is 21.8 Å². The number of nitrogen functional groups attached to an aromatic ring is 1. The van der Waals surface area contributed by atoms with Gasteiger partial charge in [-0.25, -0.2) is 19.3 Å². The number of nitrogens with zero attached hydrogens (tertiary/aromatic N) is 4. The predicted octanol–water partition coefficient (Wildman–Crippen LogP) is -2.13. The molecule has 8 N–H and O–H groups in total. The molecule has 0 radical (unpaired) electrons. The molecule has 198 valence electrons. The molecule has 0 saturated carbocycles. The molecule has 0 aromatic carbocycles. The molecule has 0 spiro atoms. The lowest BCUT2D eigenvalue weighted by Gasteiger charge is -2.44. The standard InChI is InChI=1S/C19H17N9O8S2/c20-13(9-6-37-19(21)26-9)17(32)27-14-10(28(18(14)33)38(34,35)36)4-25-16(31)7-2-23-15(24-3-7)8-1-11(29)12(30)5-22-8/h1-3,5-6,10,14,20,30H,4H2,(H2,21,26)(H,22,29)(H,25,31)(H,27,32)(H,34,35,36). The zero-order valence-corrected chi connectivity index (χ0v) is 20.4. The van der Waals surface area contributed by atoms with E-state index in [2.05, 4.69) is 30.6 Å². The van der Waals surface area contributed by atoms with E-state index in [1.54, 1.807) is 0 Å². The molecule has 17 nitrogen and oxygen atoms in total. The lowest BCUT2D eigenvalue weighted by atomic mass is 9.98. The average Bonchev–Trinajstić information content (AvgIpc) is 3.31. The molecule has 2 atom stereocenters. The maximum absolute atomic E-state index is 12.6. The van der Waals surface area contributed by atoms with Crippen LogP contribution in [0, 0.1) is 5.41 Å². The van der Waals surface area contributed by atoms with Gasteiger partial charge in [-0.1, -0.05) is 0 Å². The molecule has 3 amide bonds. The predicted molar refractivity (Wildman–Crippen MR) is 130 cm³/mol. The van der Waals surface area contributed by atoms with Gasteiger partial charge in [0.05, 0.1) is 17.3 Å². The normalized spacial score (nSPS) is 17.0. The van der Waals surface area contributed by atoms with Gasteiger partial charge in [-0.15, -0.1) is 11.3 Å². The van der Waals surface area contributed by atoms with Crippen LogP contribution in [0.25, 0.3) is 11.5 Å². The highest BCUT2D eigenvalue weighted by Crippen LogP contribution is 2.23. The second kappa shape index (κ2) is 9.95. The zero-order chi connectivity index (χ0) is 27.8. The van der Waals surface area contributed by atoms with Crippen LogP contribution >= 0.6 is 11.3 Å². The zero-order valence-electron chi connectivity index (χ0n) is 18.8. The SMILES string of the molecule is N=C(C(=O)NC1C(=O)N(S(=O)(=O)O)C1CNC(=O)c1cnc(-c2cc(=O)c(O)c[nH]2)nc1)c1csc(N)n1. The van der Waals surface area contributed by atoms with Gasteiger partial charge in [0.25, 0.3) is 17.7 Å². The van der Waals surface area contributed by atoms with Gasteiger partial charge in [-0.05, 0) is 0 Å². The molecule has 0 aliphatic carbocycles. The van der Waals surface area contributed by atoms with E-state index in [-0.39, 0.29) is 32.2 Å². The number of thiazole rings is 1. The summed E-state index contributed by atoms with van der Waals surface area (Å²) in [5, 5.41) is 23.2. The van der Waals surface area contributed by atoms with E-state index in [1.165, 1.54) is 5.38 Å². The van der Waals surface area contributed by atoms with Gasteiger partial charge in [-0.3, -0.25) is 29.1 Å². The van der Waals surface area contributed by atoms with Gasteiger partial charge >= 0.3 is 10.3 Å². The van der Waals surface area contributed by atoms with Gasteiger partial charge in [0.1, 0.15) is 17.4 Å². The fourth-order valence-corrected chi connectivity index (χ4v) is 4.80. The summed E-state index contributed by atoms with van der Waals surface area (Å²) in [7, 11) is -5.03. The van der Waals surface area contributed by atoms with E-state index in [0.717, 1.165) is 36.0 Å². The molecule has 1 aliphatic rings. The maximum atomic E-state index is 12.6. The fraction of sp³-hybridized carbons (Fsp3) is 0.158. The number of carbonyl (C=O) groups excluding carboxylic acids is 3. The molecule has 19 heteroatoms. The van der Waals surface area contributed by atoms with Crippen molar-refractivity contribution in [3.63, 3.8) is 0 Å². The summed E-state index contributed by atoms with van der Waals surface area (Å²) in [6.07, 6.45) is 3.26. The second-order valence-corrected chi connectivity index (χ2v) is 9.86. The Labute approximate surface area is 216 Å². The van der Waals surface area contributed by atoms with E-state index in [0.29, 0.717) is 0 Å². The number of aromatic hydroxyl groups is 1. The average molecular weight is 564 g/mol. The number of carbonyl (C=O) groups is 3. The number of nitrogens with one attached hydrogen (secondary N) is 4. The van der Waals surface area contributed by atoms with E-state index < -0.39 is 63.5 Å². The maximum Gasteiger partial charge on any atom is 0.362 e. The summed E-state index contributed by atoms with van der Waals surface area (Å²) in [6.45, 7) is -0.528. The lowest BCUT2D eigenvalue weighted by molar-refractivity contribution is -0.144. The minimum absolute atomic E-state index is 0.0351. The van der Waals surface area contributed by atoms with Crippen LogP contribution in [0.2, 0.25) is 0 Å². The van der Waals surface area contributed by atoms with E-state index >= 15 is 0 Å². The third-order valence-electron chi connectivity index (χ3n) is 5.23. The highest BCUT2D eigenvalue weighted by atomic mass is 32.2. The Balaban J connectivity index is 1.44. The van der Waals surface area contributed by atoms with Crippen molar-refractivity contribution in [2.45, 2.75) is 12.1 Å². The first-order chi connectivity index (χ1) is 17.9. The number of rotatable bonds is 8. The van der Waals surface area contributed by atoms with Crippen molar-refractivity contribution in [1.29, 1.82) is 5.41 Å². The number of anilines is 1. The first-order valence-electron chi connectivity index (χ1n) is 10.3. The Morgan fingerprint density at radius 3 is 2.53 bits per heavy atom. The molecule has 0 bridgehead atoms. The summed E-state index contributed by atoms with van der Waals surface area (Å²) < 4.78 is 32.8. The fourth-order valence-electron chi connectivity index (χ4n) is 3.37. The molecule has 1 fully saturated rings. The van der Waals surface area contributed by atoms with Crippen molar-refractivity contribution in [2.75, 3.05) is 12.3 Å². The number of nitrogens with two attached hydrogens (primary N) is 1. The lowest BCUT2D eigenvalue weighted by Crippen LogP contribution is -2.74. The van der Waals surface area contributed by atoms with Crippen LogP contribution in [0.3, 0.4) is 0 Å². The topological polar surface area (TPSA) is 275 Å². The first-order valence-corrected chi connectivity index (χ1v) is 12.6. The largest absolute Gasteiger partial charge is 0.503 e. The quantitative estimate of drug-likeness (QED) is 0.0879. The van der Waals surface area contributed by atoms with Crippen molar-refractivity contribution >= 4 is 50.2 Å². The van der Waals surface area contributed by atoms with Crippen LogP contribution in [0.1, 0.15) is 16.1 Å². The molecule has 3 aromatic rings. The summed E-state index contributed by atoms with van der Waals surface area (Å²) >= 11 is 0.978. The van der Waals surface area contributed by atoms with Crippen molar-refractivity contribution < 1.29 is 32.5 Å². The molecular weight excluding hydrogens is 546 g/mol. The Hall–Kier alpha value is -4.75. The first kappa shape index (κ1) is 26.3. The Bertz CT molecular complexity index is 1620. The van der Waals surface area contributed by atoms with Gasteiger partial charge in [-0.2, -0.15) is 8.42 Å². The number of pyridine rings is 1. The molecule has 1 saturated heterocycles. The Morgan fingerprint density at radius 2 is 1.95 bits per heavy atom. The molecule has 3 aromatic heterocycles. The van der Waals surface area contributed by atoms with Gasteiger partial charge in [0, 0.05) is 36.6 Å². The van der Waals surface area contributed by atoms with Crippen LogP contribution in [0.5, 0.6) is 5.75 Å². The molecule has 38 heavy (non-hydrogen) atoms. The number of β-lactam (4-membered cyclic amide) rings is 1. The van der Waals surface area contributed by atoms with Crippen molar-refractivity contribution in [1.82, 2.24) is 34.9 Å². The van der Waals surface area contributed by atoms with Crippen molar-refractivity contribution in [3.8, 4) is 17.3 Å². The second-order valence-electron chi connectivity index (χ2n) is 7.68. The smallest absolute Gasteiger partial charge is 0.362 e. The number of hydrogen-bond acceptors (Lipinski definition) is 13. The summed E-state index contributed by atoms with van der Waals surface area (Å²) in [6, 6.07) is -1.86. The Morgan fingerprint density at radius 1 is 1.26 bits per heavy atom. The minimum Gasteiger partial charge on any atom is -0.503 e. The van der Waals surface area contributed by atoms with E-state index in [4.69, 9.17) is 11.1 Å². The van der Waals surface area contributed by atoms with E-state index in [1.807, 2.05) is 0 Å². The highest BCUT2D eigenvalue weighted by Gasteiger charge is 2.54. The Kier molecular flexibility index (Phi) is 6.89. The number of amides is 3. The number of aromatic amines is 1. The van der Waals surface area contributed by atoms with Crippen molar-refractivity contribution in [3.05, 3.63) is 51.5 Å². The van der Waals surface area contributed by atoms with Crippen LogP contribution in [0.4, 0.5) is 5.13 Å². The number of aromatic nitrogens is 4.